The van der Waals surface area contributed by atoms with Crippen LogP contribution in [-0.2, 0) is 14.6 Å². The minimum absolute atomic E-state index is 0.126. The minimum atomic E-state index is -3.87. The number of rotatable bonds is 5. The van der Waals surface area contributed by atoms with E-state index in [0.29, 0.717) is 15.7 Å². The van der Waals surface area contributed by atoms with Gasteiger partial charge in [0.15, 0.2) is 9.84 Å². The number of carbonyl (C=O) groups is 1. The third-order valence-electron chi connectivity index (χ3n) is 3.55. The van der Waals surface area contributed by atoms with Crippen LogP contribution in [0.25, 0.3) is 10.2 Å². The Kier molecular flexibility index (Phi) is 5.12. The number of nitrogens with one attached hydrogen (secondary N) is 2. The second-order valence-electron chi connectivity index (χ2n) is 5.42. The quantitative estimate of drug-likeness (QED) is 0.495. The highest BCUT2D eigenvalue weighted by atomic mass is 35.5. The first-order valence-corrected chi connectivity index (χ1v) is 10.2. The third-order valence-corrected chi connectivity index (χ3v) is 6.53. The summed E-state index contributed by atoms with van der Waals surface area (Å²) in [6.45, 7) is 1.84. The van der Waals surface area contributed by atoms with Crippen LogP contribution < -0.4 is 10.9 Å². The van der Waals surface area contributed by atoms with Gasteiger partial charge in [-0.25, -0.2) is 17.8 Å². The summed E-state index contributed by atoms with van der Waals surface area (Å²) in [6.07, 6.45) is 0. The summed E-state index contributed by atoms with van der Waals surface area (Å²) in [5.41, 5.74) is 6.43. The van der Waals surface area contributed by atoms with E-state index in [-0.39, 0.29) is 4.90 Å². The number of nitrogens with zero attached hydrogens (tertiary/aromatic N) is 1. The normalized spacial score (nSPS) is 11.5. The van der Waals surface area contributed by atoms with Crippen molar-refractivity contribution >= 4 is 54.0 Å². The molecule has 0 aliphatic heterocycles. The third kappa shape index (κ3) is 3.95. The predicted octanol–water partition coefficient (Wildman–Crippen LogP) is 3.31. The van der Waals surface area contributed by atoms with E-state index < -0.39 is 27.3 Å². The number of aromatic nitrogens is 1. The first kappa shape index (κ1) is 18.6. The lowest BCUT2D eigenvalue weighted by Gasteiger charge is -2.06. The van der Waals surface area contributed by atoms with Crippen molar-refractivity contribution in [3.63, 3.8) is 0 Å². The fraction of sp³-hybridized carbons (Fsp3) is 0.125. The van der Waals surface area contributed by atoms with E-state index in [9.17, 15) is 17.6 Å². The van der Waals surface area contributed by atoms with Gasteiger partial charge in [0, 0.05) is 5.02 Å². The highest BCUT2D eigenvalue weighted by Gasteiger charge is 2.19. The number of carbonyl (C=O) groups excluding carboxylic acids is 1. The van der Waals surface area contributed by atoms with Crippen LogP contribution in [-0.4, -0.2) is 25.1 Å². The minimum Gasteiger partial charge on any atom is -0.273 e. The number of anilines is 1. The maximum atomic E-state index is 12.9. The van der Waals surface area contributed by atoms with Crippen molar-refractivity contribution in [2.75, 3.05) is 11.2 Å². The van der Waals surface area contributed by atoms with Crippen LogP contribution in [0.4, 0.5) is 9.52 Å². The highest BCUT2D eigenvalue weighted by Crippen LogP contribution is 2.31. The molecule has 10 heteroatoms. The van der Waals surface area contributed by atoms with E-state index in [1.54, 1.807) is 6.07 Å². The topological polar surface area (TPSA) is 88.2 Å². The molecule has 2 aromatic carbocycles. The Bertz CT molecular complexity index is 1080. The molecule has 0 saturated heterocycles. The van der Waals surface area contributed by atoms with Gasteiger partial charge in [-0.3, -0.25) is 15.6 Å². The average Bonchev–Trinajstić information content (AvgIpc) is 3.00. The molecule has 1 amide bonds. The molecule has 0 spiro atoms. The van der Waals surface area contributed by atoms with Crippen LogP contribution >= 0.6 is 22.9 Å². The number of hydrogen-bond donors (Lipinski definition) is 2. The molecule has 26 heavy (non-hydrogen) atoms. The molecule has 1 aromatic heterocycles. The molecule has 0 aliphatic carbocycles. The molecule has 3 rings (SSSR count). The maximum absolute atomic E-state index is 12.9. The monoisotopic (exact) mass is 413 g/mol. The maximum Gasteiger partial charge on any atom is 0.253 e. The number of amides is 1. The van der Waals surface area contributed by atoms with Gasteiger partial charge in [-0.2, -0.15) is 0 Å². The van der Waals surface area contributed by atoms with Gasteiger partial charge < -0.3 is 0 Å². The summed E-state index contributed by atoms with van der Waals surface area (Å²) < 4.78 is 38.1. The molecule has 0 bridgehead atoms. The van der Waals surface area contributed by atoms with Gasteiger partial charge in [0.2, 0.25) is 5.13 Å². The molecule has 1 heterocycles. The molecular weight excluding hydrogens is 401 g/mol. The second kappa shape index (κ2) is 7.18. The Balaban J connectivity index is 1.67. The molecule has 0 aliphatic rings. The second-order valence-corrected chi connectivity index (χ2v) is 8.85. The molecule has 6 nitrogen and oxygen atoms in total. The lowest BCUT2D eigenvalue weighted by atomic mass is 10.2. The summed E-state index contributed by atoms with van der Waals surface area (Å²) in [5.74, 6) is -2.09. The molecule has 0 atom stereocenters. The molecule has 3 aromatic rings. The van der Waals surface area contributed by atoms with Crippen LogP contribution in [0.15, 0.2) is 41.3 Å². The molecule has 2 N–H and O–H groups in total. The van der Waals surface area contributed by atoms with E-state index in [1.165, 1.54) is 11.3 Å². The Hall–Kier alpha value is -2.23. The summed E-state index contributed by atoms with van der Waals surface area (Å²) >= 11 is 7.34. The van der Waals surface area contributed by atoms with E-state index in [2.05, 4.69) is 15.8 Å². The van der Waals surface area contributed by atoms with Crippen molar-refractivity contribution in [2.24, 2.45) is 0 Å². The van der Waals surface area contributed by atoms with Crippen molar-refractivity contribution < 1.29 is 17.6 Å². The van der Waals surface area contributed by atoms with Crippen LogP contribution in [0.5, 0.6) is 0 Å². The van der Waals surface area contributed by atoms with Crippen molar-refractivity contribution in [3.8, 4) is 0 Å². The van der Waals surface area contributed by atoms with Crippen molar-refractivity contribution in [3.05, 3.63) is 52.8 Å². The number of sulfone groups is 1. The van der Waals surface area contributed by atoms with Gasteiger partial charge in [-0.1, -0.05) is 22.9 Å². The van der Waals surface area contributed by atoms with Crippen LogP contribution in [0.2, 0.25) is 5.02 Å². The zero-order chi connectivity index (χ0) is 18.9. The number of aryl methyl sites for hydroxylation is 1. The lowest BCUT2D eigenvalue weighted by molar-refractivity contribution is -0.118. The molecule has 0 unspecified atom stereocenters. The number of hydrazine groups is 1. The standard InChI is InChI=1S/C16H13ClFN3O3S2/c1-9-12(17)6-7-13-15(9)19-16(25-13)21-20-14(22)8-26(23,24)11-4-2-10(18)3-5-11/h2-7H,8H2,1H3,(H,19,21)(H,20,22). The zero-order valence-corrected chi connectivity index (χ0v) is 15.8. The predicted molar refractivity (Wildman–Crippen MR) is 99.6 cm³/mol. The van der Waals surface area contributed by atoms with Crippen LogP contribution in [0.1, 0.15) is 5.56 Å². The summed E-state index contributed by atoms with van der Waals surface area (Å²) in [6, 6.07) is 7.86. The van der Waals surface area contributed by atoms with Gasteiger partial charge in [0.25, 0.3) is 5.91 Å². The molecule has 0 radical (unpaired) electrons. The van der Waals surface area contributed by atoms with Gasteiger partial charge in [0.05, 0.1) is 15.1 Å². The zero-order valence-electron chi connectivity index (χ0n) is 13.4. The first-order valence-electron chi connectivity index (χ1n) is 7.35. The number of halogens is 2. The number of thiazole rings is 1. The van der Waals surface area contributed by atoms with E-state index >= 15 is 0 Å². The summed E-state index contributed by atoms with van der Waals surface area (Å²) in [5, 5.41) is 0.988. The van der Waals surface area contributed by atoms with Crippen LogP contribution in [0, 0.1) is 12.7 Å². The Morgan fingerprint density at radius 2 is 1.92 bits per heavy atom. The van der Waals surface area contributed by atoms with Crippen molar-refractivity contribution in [2.45, 2.75) is 11.8 Å². The van der Waals surface area contributed by atoms with E-state index in [4.69, 9.17) is 11.6 Å². The summed E-state index contributed by atoms with van der Waals surface area (Å²) in [7, 11) is -3.87. The van der Waals surface area contributed by atoms with E-state index in [1.807, 2.05) is 13.0 Å². The number of fused-ring (bicyclic) bond motifs is 1. The fourth-order valence-corrected chi connectivity index (χ4v) is 4.38. The number of hydrogen-bond acceptors (Lipinski definition) is 6. The van der Waals surface area contributed by atoms with Gasteiger partial charge in [-0.15, -0.1) is 0 Å². The largest absolute Gasteiger partial charge is 0.273 e. The van der Waals surface area contributed by atoms with Gasteiger partial charge in [0.1, 0.15) is 11.6 Å². The first-order chi connectivity index (χ1) is 12.3. The fourth-order valence-electron chi connectivity index (χ4n) is 2.21. The SMILES string of the molecule is Cc1c(Cl)ccc2sc(NNC(=O)CS(=O)(=O)c3ccc(F)cc3)nc12. The lowest BCUT2D eigenvalue weighted by Crippen LogP contribution is -2.34. The van der Waals surface area contributed by atoms with Gasteiger partial charge >= 0.3 is 0 Å². The summed E-state index contributed by atoms with van der Waals surface area (Å²) in [4.78, 5) is 16.1. The molecular formula is C16H13ClFN3O3S2. The van der Waals surface area contributed by atoms with Crippen LogP contribution in [0.3, 0.4) is 0 Å². The Labute approximate surface area is 157 Å². The molecule has 136 valence electrons. The Morgan fingerprint density at radius 3 is 2.62 bits per heavy atom. The van der Waals surface area contributed by atoms with Gasteiger partial charge in [-0.05, 0) is 48.9 Å². The van der Waals surface area contributed by atoms with E-state index in [0.717, 1.165) is 34.5 Å². The average molecular weight is 414 g/mol. The van der Waals surface area contributed by atoms with Crippen molar-refractivity contribution in [1.82, 2.24) is 10.4 Å². The number of benzene rings is 2. The van der Waals surface area contributed by atoms with Crippen molar-refractivity contribution in [1.29, 1.82) is 0 Å². The Morgan fingerprint density at radius 1 is 1.23 bits per heavy atom. The highest BCUT2D eigenvalue weighted by molar-refractivity contribution is 7.92. The molecule has 0 fully saturated rings. The molecule has 0 saturated carbocycles. The smallest absolute Gasteiger partial charge is 0.253 e.